The first-order chi connectivity index (χ1) is 13.4. The Kier molecular flexibility index (Phi) is 8.26. The Balaban J connectivity index is 2.18. The first-order valence-electron chi connectivity index (χ1n) is 10.5. The molecule has 0 aromatic heterocycles. The molecule has 0 N–H and O–H groups in total. The van der Waals surface area contributed by atoms with Crippen LogP contribution in [0.3, 0.4) is 0 Å². The van der Waals surface area contributed by atoms with Crippen LogP contribution in [0, 0.1) is 0 Å². The lowest BCUT2D eigenvalue weighted by Gasteiger charge is -2.31. The van der Waals surface area contributed by atoms with Gasteiger partial charge in [0.25, 0.3) is 0 Å². The summed E-state index contributed by atoms with van der Waals surface area (Å²) in [6, 6.07) is 0. The molecule has 0 saturated carbocycles. The van der Waals surface area contributed by atoms with E-state index in [4.69, 9.17) is 0 Å². The molecule has 2 aliphatic rings. The molecule has 0 atom stereocenters. The first-order valence-corrected chi connectivity index (χ1v) is 10.5. The monoisotopic (exact) mass is 375 g/mol. The Bertz CT molecular complexity index is 782. The third kappa shape index (κ3) is 5.69. The quantitative estimate of drug-likeness (QED) is 0.457. The third-order valence-electron chi connectivity index (χ3n) is 5.72. The maximum absolute atomic E-state index is 4.44. The van der Waals surface area contributed by atoms with Gasteiger partial charge in [-0.15, -0.1) is 0 Å². The molecule has 0 radical (unpaired) electrons. The van der Waals surface area contributed by atoms with Gasteiger partial charge in [0.05, 0.1) is 0 Å². The SMILES string of the molecule is C=C(/C=C(C)\C=C/C)CN1CCC(=C2C(=C)CCC(=C)C(C)=C2/C=C\C)CC1. The Morgan fingerprint density at radius 1 is 1.00 bits per heavy atom. The molecular weight excluding hydrogens is 338 g/mol. The van der Waals surface area contributed by atoms with Gasteiger partial charge in [0, 0.05) is 19.6 Å². The zero-order chi connectivity index (χ0) is 20.7. The van der Waals surface area contributed by atoms with Crippen molar-refractivity contribution in [2.24, 2.45) is 0 Å². The molecule has 1 saturated heterocycles. The molecule has 0 amide bonds. The summed E-state index contributed by atoms with van der Waals surface area (Å²) in [4.78, 5) is 2.52. The van der Waals surface area contributed by atoms with E-state index in [1.165, 1.54) is 39.0 Å². The van der Waals surface area contributed by atoms with E-state index in [0.29, 0.717) is 0 Å². The summed E-state index contributed by atoms with van der Waals surface area (Å²) < 4.78 is 0. The zero-order valence-electron chi connectivity index (χ0n) is 18.4. The highest BCUT2D eigenvalue weighted by atomic mass is 15.1. The van der Waals surface area contributed by atoms with Crippen LogP contribution in [0.4, 0.5) is 0 Å². The average Bonchev–Trinajstić information content (AvgIpc) is 2.75. The van der Waals surface area contributed by atoms with Gasteiger partial charge < -0.3 is 0 Å². The molecule has 2 rings (SSSR count). The van der Waals surface area contributed by atoms with Crippen molar-refractivity contribution in [1.29, 1.82) is 0 Å². The maximum atomic E-state index is 4.44. The second-order valence-corrected chi connectivity index (χ2v) is 8.05. The van der Waals surface area contributed by atoms with Gasteiger partial charge in [0.15, 0.2) is 0 Å². The fourth-order valence-corrected chi connectivity index (χ4v) is 4.20. The Labute approximate surface area is 172 Å². The van der Waals surface area contributed by atoms with Gasteiger partial charge in [0.2, 0.25) is 0 Å². The van der Waals surface area contributed by atoms with Crippen LogP contribution in [0.15, 0.2) is 94.7 Å². The van der Waals surface area contributed by atoms with Crippen LogP contribution >= 0.6 is 0 Å². The van der Waals surface area contributed by atoms with Gasteiger partial charge in [0.1, 0.15) is 0 Å². The van der Waals surface area contributed by atoms with Crippen LogP contribution in [-0.4, -0.2) is 24.5 Å². The smallest absolute Gasteiger partial charge is 0.0228 e. The molecule has 0 spiro atoms. The molecule has 28 heavy (non-hydrogen) atoms. The highest BCUT2D eigenvalue weighted by Crippen LogP contribution is 2.38. The molecule has 0 aromatic carbocycles. The van der Waals surface area contributed by atoms with Crippen LogP contribution < -0.4 is 0 Å². The van der Waals surface area contributed by atoms with E-state index in [-0.39, 0.29) is 0 Å². The van der Waals surface area contributed by atoms with Gasteiger partial charge in [-0.25, -0.2) is 0 Å². The summed E-state index contributed by atoms with van der Waals surface area (Å²) >= 11 is 0. The molecule has 1 aliphatic carbocycles. The average molecular weight is 376 g/mol. The van der Waals surface area contributed by atoms with E-state index in [1.54, 1.807) is 5.57 Å². The van der Waals surface area contributed by atoms with Crippen molar-refractivity contribution in [3.05, 3.63) is 94.7 Å². The number of nitrogens with zero attached hydrogens (tertiary/aromatic N) is 1. The minimum absolute atomic E-state index is 0.950. The minimum Gasteiger partial charge on any atom is -0.298 e. The van der Waals surface area contributed by atoms with Gasteiger partial charge in [-0.1, -0.05) is 66.8 Å². The van der Waals surface area contributed by atoms with E-state index in [1.807, 2.05) is 0 Å². The second-order valence-electron chi connectivity index (χ2n) is 8.05. The van der Waals surface area contributed by atoms with Crippen molar-refractivity contribution in [3.8, 4) is 0 Å². The lowest BCUT2D eigenvalue weighted by Crippen LogP contribution is -2.32. The molecule has 1 nitrogen and oxygen atoms in total. The predicted octanol–water partition coefficient (Wildman–Crippen LogP) is 7.26. The van der Waals surface area contributed by atoms with Crippen LogP contribution in [0.5, 0.6) is 0 Å². The molecule has 0 unspecified atom stereocenters. The largest absolute Gasteiger partial charge is 0.298 e. The van der Waals surface area contributed by atoms with E-state index >= 15 is 0 Å². The normalized spacial score (nSPS) is 20.6. The molecule has 1 heterocycles. The highest BCUT2D eigenvalue weighted by Gasteiger charge is 2.23. The van der Waals surface area contributed by atoms with Gasteiger partial charge >= 0.3 is 0 Å². The number of likely N-dealkylation sites (tertiary alicyclic amines) is 1. The van der Waals surface area contributed by atoms with Crippen LogP contribution in [0.1, 0.15) is 53.4 Å². The van der Waals surface area contributed by atoms with E-state index in [2.05, 4.69) is 82.7 Å². The molecule has 1 heteroatoms. The summed E-state index contributed by atoms with van der Waals surface area (Å²) in [5, 5.41) is 0. The van der Waals surface area contributed by atoms with Crippen LogP contribution in [-0.2, 0) is 0 Å². The molecule has 150 valence electrons. The zero-order valence-corrected chi connectivity index (χ0v) is 18.4. The lowest BCUT2D eigenvalue weighted by atomic mass is 9.86. The van der Waals surface area contributed by atoms with Gasteiger partial charge in [-0.2, -0.15) is 0 Å². The molecule has 0 bridgehead atoms. The number of hydrogen-bond donors (Lipinski definition) is 0. The maximum Gasteiger partial charge on any atom is 0.0228 e. The summed E-state index contributed by atoms with van der Waals surface area (Å²) in [5.74, 6) is 0. The highest BCUT2D eigenvalue weighted by molar-refractivity contribution is 5.60. The van der Waals surface area contributed by atoms with Crippen molar-refractivity contribution in [3.63, 3.8) is 0 Å². The summed E-state index contributed by atoms with van der Waals surface area (Å²) in [6.45, 7) is 24.6. The predicted molar refractivity (Wildman–Crippen MR) is 125 cm³/mol. The first kappa shape index (κ1) is 22.2. The number of rotatable bonds is 5. The second kappa shape index (κ2) is 10.4. The molecular formula is C27H37N. The fraction of sp³-hybridized carbons (Fsp3) is 0.407. The van der Waals surface area contributed by atoms with Crippen molar-refractivity contribution < 1.29 is 0 Å². The standard InChI is InChI=1S/C27H37N/c1-8-10-20(3)18-21(4)19-28-16-14-25(15-17-28)27-23(6)13-12-22(5)24(7)26(27)11-9-2/h8-11,18H,4-6,12-17,19H2,1-3,7H3/b10-8-,11-9-,20-18-. The Hall–Kier alpha value is -2.12. The van der Waals surface area contributed by atoms with Crippen LogP contribution in [0.25, 0.3) is 0 Å². The van der Waals surface area contributed by atoms with Crippen molar-refractivity contribution in [1.82, 2.24) is 4.90 Å². The van der Waals surface area contributed by atoms with E-state index < -0.39 is 0 Å². The third-order valence-corrected chi connectivity index (χ3v) is 5.72. The Morgan fingerprint density at radius 3 is 2.25 bits per heavy atom. The Morgan fingerprint density at radius 2 is 1.64 bits per heavy atom. The fourth-order valence-electron chi connectivity index (χ4n) is 4.20. The minimum atomic E-state index is 0.950. The van der Waals surface area contributed by atoms with Crippen molar-refractivity contribution in [2.75, 3.05) is 19.6 Å². The summed E-state index contributed by atoms with van der Waals surface area (Å²) in [6.07, 6.45) is 15.1. The topological polar surface area (TPSA) is 3.24 Å². The lowest BCUT2D eigenvalue weighted by molar-refractivity contribution is 0.278. The van der Waals surface area contributed by atoms with Gasteiger partial charge in [-0.05, 0) is 81.2 Å². The summed E-state index contributed by atoms with van der Waals surface area (Å²) in [5.41, 5.74) is 10.6. The molecule has 1 aliphatic heterocycles. The van der Waals surface area contributed by atoms with Crippen molar-refractivity contribution in [2.45, 2.75) is 53.4 Å². The van der Waals surface area contributed by atoms with Gasteiger partial charge in [-0.3, -0.25) is 4.90 Å². The molecule has 1 fully saturated rings. The number of allylic oxidation sites excluding steroid dienone is 10. The number of piperidine rings is 1. The van der Waals surface area contributed by atoms with Crippen molar-refractivity contribution >= 4 is 0 Å². The van der Waals surface area contributed by atoms with E-state index in [9.17, 15) is 0 Å². The van der Waals surface area contributed by atoms with Crippen LogP contribution in [0.2, 0.25) is 0 Å². The van der Waals surface area contributed by atoms with E-state index in [0.717, 1.165) is 45.3 Å². The summed E-state index contributed by atoms with van der Waals surface area (Å²) in [7, 11) is 0. The number of hydrogen-bond acceptors (Lipinski definition) is 1. The molecule has 0 aromatic rings.